The highest BCUT2D eigenvalue weighted by Crippen LogP contribution is 2.25. The molecule has 0 aromatic carbocycles. The number of allylic oxidation sites excluding steroid dienone is 2. The van der Waals surface area contributed by atoms with E-state index >= 15 is 0 Å². The molecule has 4 heteroatoms. The molecule has 0 aliphatic carbocycles. The Hall–Kier alpha value is -1.71. The van der Waals surface area contributed by atoms with Crippen molar-refractivity contribution >= 4 is 6.09 Å². The maximum Gasteiger partial charge on any atom is 0.415 e. The number of carboxylic acid groups (broad SMARTS) is 1. The molecule has 2 N–H and O–H groups in total. The quantitative estimate of drug-likeness (QED) is 0.587. The summed E-state index contributed by atoms with van der Waals surface area (Å²) in [6, 6.07) is 0. The molecule has 0 atom stereocenters. The van der Waals surface area contributed by atoms with E-state index in [1.54, 1.807) is 6.20 Å². The fraction of sp³-hybridized carbons (Fsp3) is 0.222. The molecule has 4 nitrogen and oxygen atoms in total. The molecule has 0 aromatic heterocycles. The van der Waals surface area contributed by atoms with E-state index in [1.165, 1.54) is 4.90 Å². The van der Waals surface area contributed by atoms with Gasteiger partial charge in [-0.25, -0.2) is 4.79 Å². The molecule has 2 aliphatic rings. The van der Waals surface area contributed by atoms with Crippen molar-refractivity contribution in [1.82, 2.24) is 10.2 Å². The molecule has 0 bridgehead atoms. The van der Waals surface area contributed by atoms with Crippen LogP contribution in [-0.2, 0) is 0 Å². The summed E-state index contributed by atoms with van der Waals surface area (Å²) in [6.45, 7) is 0.691. The predicted octanol–water partition coefficient (Wildman–Crippen LogP) is 1.25. The van der Waals surface area contributed by atoms with Crippen LogP contribution in [0.4, 0.5) is 4.79 Å². The zero-order valence-corrected chi connectivity index (χ0v) is 7.03. The van der Waals surface area contributed by atoms with Gasteiger partial charge >= 0.3 is 6.09 Å². The van der Waals surface area contributed by atoms with Gasteiger partial charge in [0.05, 0.1) is 5.70 Å². The van der Waals surface area contributed by atoms with Crippen LogP contribution in [0, 0.1) is 0 Å². The summed E-state index contributed by atoms with van der Waals surface area (Å²) < 4.78 is 0. The average molecular weight is 178 g/mol. The molecule has 0 saturated heterocycles. The molecule has 0 unspecified atom stereocenters. The Labute approximate surface area is 75.8 Å². The summed E-state index contributed by atoms with van der Waals surface area (Å²) in [5.74, 6) is 0. The SMILES string of the molecule is O=C(O)N1C=CCC2=CNCC=C21. The van der Waals surface area contributed by atoms with Gasteiger partial charge in [0.1, 0.15) is 0 Å². The molecule has 0 aromatic rings. The number of hydrogen-bond donors (Lipinski definition) is 2. The maximum atomic E-state index is 10.8. The first-order valence-electron chi connectivity index (χ1n) is 4.11. The topological polar surface area (TPSA) is 52.6 Å². The van der Waals surface area contributed by atoms with E-state index < -0.39 is 6.09 Å². The highest BCUT2D eigenvalue weighted by Gasteiger charge is 2.21. The first-order chi connectivity index (χ1) is 6.29. The van der Waals surface area contributed by atoms with Gasteiger partial charge in [-0.1, -0.05) is 6.08 Å². The second-order valence-corrected chi connectivity index (χ2v) is 2.91. The molecule has 13 heavy (non-hydrogen) atoms. The highest BCUT2D eigenvalue weighted by atomic mass is 16.4. The molecule has 0 fully saturated rings. The van der Waals surface area contributed by atoms with Gasteiger partial charge in [0.15, 0.2) is 0 Å². The molecule has 0 spiro atoms. The van der Waals surface area contributed by atoms with Crippen LogP contribution in [0.2, 0.25) is 0 Å². The summed E-state index contributed by atoms with van der Waals surface area (Å²) >= 11 is 0. The number of nitrogens with one attached hydrogen (secondary N) is 1. The molecule has 1 amide bonds. The second-order valence-electron chi connectivity index (χ2n) is 2.91. The minimum Gasteiger partial charge on any atom is -0.464 e. The van der Waals surface area contributed by atoms with Gasteiger partial charge in [0, 0.05) is 18.9 Å². The van der Waals surface area contributed by atoms with Crippen LogP contribution >= 0.6 is 0 Å². The lowest BCUT2D eigenvalue weighted by Crippen LogP contribution is -2.29. The number of hydrogen-bond acceptors (Lipinski definition) is 2. The smallest absolute Gasteiger partial charge is 0.415 e. The molecule has 2 aliphatic heterocycles. The van der Waals surface area contributed by atoms with Crippen LogP contribution in [-0.4, -0.2) is 22.6 Å². The monoisotopic (exact) mass is 178 g/mol. The summed E-state index contributed by atoms with van der Waals surface area (Å²) in [4.78, 5) is 12.0. The van der Waals surface area contributed by atoms with E-state index in [-0.39, 0.29) is 0 Å². The van der Waals surface area contributed by atoms with Crippen molar-refractivity contribution in [3.05, 3.63) is 35.8 Å². The highest BCUT2D eigenvalue weighted by molar-refractivity contribution is 5.71. The van der Waals surface area contributed by atoms with Crippen LogP contribution in [0.1, 0.15) is 6.42 Å². The zero-order valence-electron chi connectivity index (χ0n) is 7.03. The summed E-state index contributed by atoms with van der Waals surface area (Å²) in [7, 11) is 0. The van der Waals surface area contributed by atoms with E-state index in [4.69, 9.17) is 5.11 Å². The first kappa shape index (κ1) is 7.91. The van der Waals surface area contributed by atoms with Crippen LogP contribution in [0.5, 0.6) is 0 Å². The molecule has 2 heterocycles. The summed E-state index contributed by atoms with van der Waals surface area (Å²) in [5.41, 5.74) is 1.81. The Bertz CT molecular complexity index is 329. The predicted molar refractivity (Wildman–Crippen MR) is 47.8 cm³/mol. The Morgan fingerprint density at radius 1 is 1.62 bits per heavy atom. The largest absolute Gasteiger partial charge is 0.464 e. The second kappa shape index (κ2) is 2.97. The van der Waals surface area contributed by atoms with Gasteiger partial charge < -0.3 is 10.4 Å². The lowest BCUT2D eigenvalue weighted by molar-refractivity contribution is 0.172. The molecule has 2 rings (SSSR count). The first-order valence-corrected chi connectivity index (χ1v) is 4.11. The van der Waals surface area contributed by atoms with Crippen molar-refractivity contribution in [1.29, 1.82) is 0 Å². The fourth-order valence-corrected chi connectivity index (χ4v) is 1.49. The number of amides is 1. The Morgan fingerprint density at radius 3 is 3.23 bits per heavy atom. The van der Waals surface area contributed by atoms with E-state index in [2.05, 4.69) is 5.32 Å². The Balaban J connectivity index is 2.36. The van der Waals surface area contributed by atoms with Gasteiger partial charge in [0.2, 0.25) is 0 Å². The molecular weight excluding hydrogens is 168 g/mol. The van der Waals surface area contributed by atoms with E-state index in [1.807, 2.05) is 18.4 Å². The normalized spacial score (nSPS) is 19.8. The van der Waals surface area contributed by atoms with E-state index in [0.29, 0.717) is 6.54 Å². The van der Waals surface area contributed by atoms with Gasteiger partial charge in [-0.05, 0) is 18.1 Å². The minimum atomic E-state index is -0.935. The number of carbonyl (C=O) groups is 1. The summed E-state index contributed by atoms with van der Waals surface area (Å²) in [6.07, 6.45) is 7.04. The number of nitrogens with zero attached hydrogens (tertiary/aromatic N) is 1. The van der Waals surface area contributed by atoms with Crippen molar-refractivity contribution in [3.8, 4) is 0 Å². The lowest BCUT2D eigenvalue weighted by atomic mass is 10.0. The van der Waals surface area contributed by atoms with Crippen molar-refractivity contribution in [2.24, 2.45) is 0 Å². The third-order valence-electron chi connectivity index (χ3n) is 2.08. The Kier molecular flexibility index (Phi) is 1.81. The zero-order chi connectivity index (χ0) is 9.26. The van der Waals surface area contributed by atoms with Crippen molar-refractivity contribution in [2.75, 3.05) is 6.54 Å². The van der Waals surface area contributed by atoms with E-state index in [0.717, 1.165) is 17.7 Å². The fourth-order valence-electron chi connectivity index (χ4n) is 1.49. The van der Waals surface area contributed by atoms with Crippen LogP contribution in [0.25, 0.3) is 0 Å². The third-order valence-corrected chi connectivity index (χ3v) is 2.08. The van der Waals surface area contributed by atoms with Crippen molar-refractivity contribution in [2.45, 2.75) is 6.42 Å². The van der Waals surface area contributed by atoms with Crippen LogP contribution < -0.4 is 5.32 Å². The van der Waals surface area contributed by atoms with Crippen LogP contribution in [0.3, 0.4) is 0 Å². The third kappa shape index (κ3) is 1.30. The van der Waals surface area contributed by atoms with E-state index in [9.17, 15) is 4.79 Å². The lowest BCUT2D eigenvalue weighted by Gasteiger charge is -2.26. The maximum absolute atomic E-state index is 10.8. The van der Waals surface area contributed by atoms with Gasteiger partial charge in [-0.2, -0.15) is 0 Å². The van der Waals surface area contributed by atoms with Crippen molar-refractivity contribution in [3.63, 3.8) is 0 Å². The standard InChI is InChI=1S/C9H10N2O2/c12-9(13)11-5-1-2-7-6-10-4-3-8(7)11/h1,3,5-6,10H,2,4H2,(H,12,13). The van der Waals surface area contributed by atoms with Crippen molar-refractivity contribution < 1.29 is 9.90 Å². The van der Waals surface area contributed by atoms with Crippen LogP contribution in [0.15, 0.2) is 35.8 Å². The minimum absolute atomic E-state index is 0.691. The molecular formula is C9H10N2O2. The van der Waals surface area contributed by atoms with Gasteiger partial charge in [0.25, 0.3) is 0 Å². The number of rotatable bonds is 0. The molecule has 0 saturated carbocycles. The van der Waals surface area contributed by atoms with Gasteiger partial charge in [-0.15, -0.1) is 0 Å². The summed E-state index contributed by atoms with van der Waals surface area (Å²) in [5, 5.41) is 11.9. The molecule has 0 radical (unpaired) electrons. The molecule has 68 valence electrons. The number of dihydropyridines is 1. The Morgan fingerprint density at radius 2 is 2.46 bits per heavy atom. The van der Waals surface area contributed by atoms with Gasteiger partial charge in [-0.3, -0.25) is 4.90 Å². The average Bonchev–Trinajstić information content (AvgIpc) is 2.17. The number of fused-ring (bicyclic) bond motifs is 1.